The van der Waals surface area contributed by atoms with E-state index in [-0.39, 0.29) is 18.5 Å². The van der Waals surface area contributed by atoms with Crippen LogP contribution in [0.1, 0.15) is 16.9 Å². The number of carbonyl (C=O) groups is 1. The van der Waals surface area contributed by atoms with Gasteiger partial charge in [-0.1, -0.05) is 19.6 Å². The van der Waals surface area contributed by atoms with E-state index < -0.39 is 14.0 Å². The Hall–Kier alpha value is -1.90. The maximum atomic E-state index is 11.6. The SMILES string of the molecule is CN1CC[C@@H](Oc2ccc3c(c2)c(C(=O)O)nn3COCC[Si](C)(C)C)C1. The fraction of sp³-hybridized carbons (Fsp3) is 0.579. The quantitative estimate of drug-likeness (QED) is 0.550. The molecule has 2 aromatic rings. The lowest BCUT2D eigenvalue weighted by atomic mass is 10.2. The van der Waals surface area contributed by atoms with E-state index in [0.717, 1.165) is 31.1 Å². The van der Waals surface area contributed by atoms with Crippen molar-refractivity contribution in [2.45, 2.75) is 44.9 Å². The molecule has 148 valence electrons. The van der Waals surface area contributed by atoms with E-state index in [1.54, 1.807) is 10.7 Å². The summed E-state index contributed by atoms with van der Waals surface area (Å²) in [4.78, 5) is 13.9. The zero-order chi connectivity index (χ0) is 19.6. The minimum Gasteiger partial charge on any atom is -0.489 e. The molecule has 1 aliphatic heterocycles. The second kappa shape index (κ2) is 8.00. The molecule has 3 rings (SSSR count). The van der Waals surface area contributed by atoms with Crippen LogP contribution in [-0.2, 0) is 11.5 Å². The molecule has 1 aliphatic rings. The van der Waals surface area contributed by atoms with Gasteiger partial charge in [-0.05, 0) is 37.7 Å². The van der Waals surface area contributed by atoms with Crippen LogP contribution in [0.3, 0.4) is 0 Å². The monoisotopic (exact) mass is 391 g/mol. The molecule has 1 N–H and O–H groups in total. The average molecular weight is 392 g/mol. The number of likely N-dealkylation sites (tertiary alicyclic amines) is 1. The summed E-state index contributed by atoms with van der Waals surface area (Å²) in [6.07, 6.45) is 1.12. The van der Waals surface area contributed by atoms with E-state index in [1.165, 1.54) is 0 Å². The number of ether oxygens (including phenoxy) is 2. The van der Waals surface area contributed by atoms with Gasteiger partial charge >= 0.3 is 5.97 Å². The molecule has 0 spiro atoms. The molecule has 1 atom stereocenters. The lowest BCUT2D eigenvalue weighted by Gasteiger charge is -2.15. The molecule has 2 heterocycles. The van der Waals surface area contributed by atoms with Gasteiger partial charge in [0.05, 0.1) is 5.52 Å². The van der Waals surface area contributed by atoms with Gasteiger partial charge in [-0.2, -0.15) is 5.10 Å². The zero-order valence-corrected chi connectivity index (χ0v) is 17.6. The third-order valence-electron chi connectivity index (χ3n) is 4.79. The summed E-state index contributed by atoms with van der Waals surface area (Å²) >= 11 is 0. The van der Waals surface area contributed by atoms with Gasteiger partial charge in [0.2, 0.25) is 0 Å². The van der Waals surface area contributed by atoms with Gasteiger partial charge < -0.3 is 19.5 Å². The van der Waals surface area contributed by atoms with Gasteiger partial charge in [0.1, 0.15) is 18.6 Å². The maximum absolute atomic E-state index is 11.6. The number of aromatic nitrogens is 2. The topological polar surface area (TPSA) is 76.8 Å². The standard InChI is InChI=1S/C19H29N3O4Si/c1-21-8-7-15(12-21)26-14-5-6-17-16(11-14)18(19(23)24)20-22(17)13-25-9-10-27(2,3)4/h5-6,11,15H,7-10,12-13H2,1-4H3,(H,23,24)/t15-/m1/s1. The molecule has 1 aromatic carbocycles. The van der Waals surface area contributed by atoms with Crippen LogP contribution in [0.2, 0.25) is 25.7 Å². The van der Waals surface area contributed by atoms with Gasteiger partial charge in [0, 0.05) is 33.2 Å². The Labute approximate surface area is 160 Å². The molecule has 1 saturated heterocycles. The summed E-state index contributed by atoms with van der Waals surface area (Å²) in [6.45, 7) is 9.70. The second-order valence-corrected chi connectivity index (χ2v) is 14.1. The number of rotatable bonds is 8. The Kier molecular flexibility index (Phi) is 5.88. The van der Waals surface area contributed by atoms with Crippen LogP contribution in [-0.4, -0.2) is 66.7 Å². The smallest absolute Gasteiger partial charge is 0.357 e. The van der Waals surface area contributed by atoms with Crippen molar-refractivity contribution in [1.82, 2.24) is 14.7 Å². The molecule has 1 fully saturated rings. The van der Waals surface area contributed by atoms with Crippen molar-refractivity contribution in [2.24, 2.45) is 0 Å². The molecular formula is C19H29N3O4Si. The molecule has 1 aromatic heterocycles. The number of benzene rings is 1. The molecular weight excluding hydrogens is 362 g/mol. The van der Waals surface area contributed by atoms with Gasteiger partial charge in [-0.25, -0.2) is 9.48 Å². The van der Waals surface area contributed by atoms with Gasteiger partial charge in [-0.15, -0.1) is 0 Å². The minimum atomic E-state index is -1.16. The largest absolute Gasteiger partial charge is 0.489 e. The van der Waals surface area contributed by atoms with E-state index in [0.29, 0.717) is 17.7 Å². The number of likely N-dealkylation sites (N-methyl/N-ethyl adjacent to an activating group) is 1. The van der Waals surface area contributed by atoms with Crippen LogP contribution in [0.15, 0.2) is 18.2 Å². The van der Waals surface area contributed by atoms with Crippen LogP contribution < -0.4 is 4.74 Å². The van der Waals surface area contributed by atoms with Crippen molar-refractivity contribution in [3.8, 4) is 5.75 Å². The Morgan fingerprint density at radius 1 is 1.37 bits per heavy atom. The van der Waals surface area contributed by atoms with E-state index >= 15 is 0 Å². The predicted octanol–water partition coefficient (Wildman–Crippen LogP) is 3.13. The normalized spacial score (nSPS) is 18.3. The number of hydrogen-bond acceptors (Lipinski definition) is 5. The maximum Gasteiger partial charge on any atom is 0.357 e. The first-order chi connectivity index (χ1) is 12.7. The van der Waals surface area contributed by atoms with Crippen LogP contribution in [0.5, 0.6) is 5.75 Å². The van der Waals surface area contributed by atoms with Crippen molar-refractivity contribution in [3.63, 3.8) is 0 Å². The molecule has 0 unspecified atom stereocenters. The van der Waals surface area contributed by atoms with Gasteiger partial charge in [0.15, 0.2) is 5.69 Å². The summed E-state index contributed by atoms with van der Waals surface area (Å²) in [5, 5.41) is 14.4. The van der Waals surface area contributed by atoms with Crippen LogP contribution in [0.4, 0.5) is 0 Å². The first-order valence-corrected chi connectivity index (χ1v) is 13.1. The molecule has 0 amide bonds. The fourth-order valence-corrected chi connectivity index (χ4v) is 3.96. The third-order valence-corrected chi connectivity index (χ3v) is 6.49. The highest BCUT2D eigenvalue weighted by molar-refractivity contribution is 6.76. The van der Waals surface area contributed by atoms with Crippen molar-refractivity contribution >= 4 is 24.9 Å². The molecule has 0 aliphatic carbocycles. The molecule has 0 saturated carbocycles. The molecule has 0 bridgehead atoms. The lowest BCUT2D eigenvalue weighted by Crippen LogP contribution is -2.22. The Balaban J connectivity index is 1.76. The summed E-state index contributed by atoms with van der Waals surface area (Å²) in [5.41, 5.74) is 0.782. The first-order valence-electron chi connectivity index (χ1n) is 9.40. The number of hydrogen-bond donors (Lipinski definition) is 1. The molecule has 0 radical (unpaired) electrons. The number of fused-ring (bicyclic) bond motifs is 1. The van der Waals surface area contributed by atoms with Crippen molar-refractivity contribution < 1.29 is 19.4 Å². The van der Waals surface area contributed by atoms with Gasteiger partial charge in [0.25, 0.3) is 0 Å². The summed E-state index contributed by atoms with van der Waals surface area (Å²) in [6, 6.07) is 6.59. The molecule has 27 heavy (non-hydrogen) atoms. The summed E-state index contributed by atoms with van der Waals surface area (Å²) in [7, 11) is 0.910. The van der Waals surface area contributed by atoms with E-state index in [9.17, 15) is 9.90 Å². The fourth-order valence-electron chi connectivity index (χ4n) is 3.20. The minimum absolute atomic E-state index is 0.0350. The Morgan fingerprint density at radius 3 is 2.78 bits per heavy atom. The second-order valence-electron chi connectivity index (χ2n) is 8.47. The Morgan fingerprint density at radius 2 is 2.15 bits per heavy atom. The lowest BCUT2D eigenvalue weighted by molar-refractivity contribution is 0.0676. The number of nitrogens with zero attached hydrogens (tertiary/aromatic N) is 3. The molecule has 8 heteroatoms. The first kappa shape index (κ1) is 19.8. The highest BCUT2D eigenvalue weighted by Gasteiger charge is 2.22. The Bertz CT molecular complexity index is 815. The number of carboxylic acids is 1. The summed E-state index contributed by atoms with van der Waals surface area (Å²) in [5.74, 6) is -0.358. The van der Waals surface area contributed by atoms with Gasteiger partial charge in [-0.3, -0.25) is 0 Å². The van der Waals surface area contributed by atoms with Crippen molar-refractivity contribution in [2.75, 3.05) is 26.7 Å². The van der Waals surface area contributed by atoms with Crippen LogP contribution in [0, 0.1) is 0 Å². The van der Waals surface area contributed by atoms with Crippen molar-refractivity contribution in [1.29, 1.82) is 0 Å². The third kappa shape index (κ3) is 5.09. The van der Waals surface area contributed by atoms with E-state index in [1.807, 2.05) is 12.1 Å². The molecule has 7 nitrogen and oxygen atoms in total. The van der Waals surface area contributed by atoms with E-state index in [2.05, 4.69) is 36.7 Å². The number of aromatic carboxylic acids is 1. The van der Waals surface area contributed by atoms with Crippen LogP contribution >= 0.6 is 0 Å². The predicted molar refractivity (Wildman–Crippen MR) is 107 cm³/mol. The van der Waals surface area contributed by atoms with Crippen molar-refractivity contribution in [3.05, 3.63) is 23.9 Å². The van der Waals surface area contributed by atoms with E-state index in [4.69, 9.17) is 9.47 Å². The number of carboxylic acid groups (broad SMARTS) is 1. The average Bonchev–Trinajstić information content (AvgIpc) is 3.14. The highest BCUT2D eigenvalue weighted by Crippen LogP contribution is 2.26. The zero-order valence-electron chi connectivity index (χ0n) is 16.6. The van der Waals surface area contributed by atoms with Crippen LogP contribution in [0.25, 0.3) is 10.9 Å². The highest BCUT2D eigenvalue weighted by atomic mass is 28.3. The summed E-state index contributed by atoms with van der Waals surface area (Å²) < 4.78 is 13.4.